The van der Waals surface area contributed by atoms with E-state index >= 15 is 0 Å². The average molecular weight is 260 g/mol. The lowest BCUT2D eigenvalue weighted by Gasteiger charge is -2.12. The number of carbonyl (C=O) groups excluding carboxylic acids is 1. The molecule has 0 amide bonds. The number of nitriles is 1. The Morgan fingerprint density at radius 1 is 1.59 bits per heavy atom. The summed E-state index contributed by atoms with van der Waals surface area (Å²) in [7, 11) is 1.09. The van der Waals surface area contributed by atoms with Gasteiger partial charge in [0.1, 0.15) is 0 Å². The molecule has 90 valence electrons. The number of ether oxygens (including phenoxy) is 1. The zero-order valence-corrected chi connectivity index (χ0v) is 9.59. The van der Waals surface area contributed by atoms with Crippen molar-refractivity contribution >= 4 is 17.6 Å². The minimum absolute atomic E-state index is 0.0305. The van der Waals surface area contributed by atoms with Gasteiger partial charge in [-0.05, 0) is 17.7 Å². The fourth-order valence-electron chi connectivity index (χ4n) is 1.45. The van der Waals surface area contributed by atoms with E-state index in [1.807, 2.05) is 0 Å². The first kappa shape index (κ1) is 13.4. The maximum atomic E-state index is 12.9. The fourth-order valence-corrected chi connectivity index (χ4v) is 1.74. The number of esters is 1. The second-order valence-corrected chi connectivity index (χ2v) is 3.36. The van der Waals surface area contributed by atoms with Gasteiger partial charge in [-0.25, -0.2) is 13.6 Å². The van der Waals surface area contributed by atoms with Crippen molar-refractivity contribution in [1.82, 2.24) is 0 Å². The van der Waals surface area contributed by atoms with Crippen molar-refractivity contribution in [2.45, 2.75) is 12.3 Å². The number of alkyl halides is 3. The zero-order chi connectivity index (χ0) is 13.0. The first-order chi connectivity index (χ1) is 8.06. The third kappa shape index (κ3) is 2.53. The SMILES string of the molecule is COC(=O)c1ccc(C#N)c(CCl)c1C(F)F. The lowest BCUT2D eigenvalue weighted by atomic mass is 9.97. The quantitative estimate of drug-likeness (QED) is 0.619. The maximum absolute atomic E-state index is 12.9. The molecule has 0 spiro atoms. The van der Waals surface area contributed by atoms with E-state index in [-0.39, 0.29) is 22.6 Å². The number of rotatable bonds is 3. The molecule has 6 heteroatoms. The van der Waals surface area contributed by atoms with E-state index in [1.54, 1.807) is 6.07 Å². The van der Waals surface area contributed by atoms with Crippen molar-refractivity contribution in [3.8, 4) is 6.07 Å². The highest BCUT2D eigenvalue weighted by molar-refractivity contribution is 6.17. The maximum Gasteiger partial charge on any atom is 0.338 e. The molecule has 0 aliphatic heterocycles. The molecule has 1 aromatic rings. The molecule has 0 atom stereocenters. The lowest BCUT2D eigenvalue weighted by molar-refractivity contribution is 0.0589. The minimum atomic E-state index is -2.90. The van der Waals surface area contributed by atoms with E-state index < -0.39 is 18.0 Å². The third-order valence-corrected chi connectivity index (χ3v) is 2.50. The van der Waals surface area contributed by atoms with Crippen LogP contribution in [0.5, 0.6) is 0 Å². The molecule has 0 saturated heterocycles. The minimum Gasteiger partial charge on any atom is -0.465 e. The predicted molar refractivity (Wildman–Crippen MR) is 57.0 cm³/mol. The van der Waals surface area contributed by atoms with Crippen molar-refractivity contribution in [1.29, 1.82) is 5.26 Å². The van der Waals surface area contributed by atoms with Crippen LogP contribution in [0.3, 0.4) is 0 Å². The molecule has 1 aromatic carbocycles. The summed E-state index contributed by atoms with van der Waals surface area (Å²) in [6, 6.07) is 4.17. The molecule has 0 aromatic heterocycles. The zero-order valence-electron chi connectivity index (χ0n) is 8.84. The van der Waals surface area contributed by atoms with Gasteiger partial charge < -0.3 is 4.74 Å². The summed E-state index contributed by atoms with van der Waals surface area (Å²) in [5, 5.41) is 8.77. The Hall–Kier alpha value is -1.67. The summed E-state index contributed by atoms with van der Waals surface area (Å²) in [5.41, 5.74) is -0.807. The second-order valence-electron chi connectivity index (χ2n) is 3.09. The first-order valence-electron chi connectivity index (χ1n) is 4.55. The molecule has 17 heavy (non-hydrogen) atoms. The smallest absolute Gasteiger partial charge is 0.338 e. The number of carbonyl (C=O) groups is 1. The predicted octanol–water partition coefficient (Wildman–Crippen LogP) is 3.02. The van der Waals surface area contributed by atoms with Gasteiger partial charge in [0.05, 0.1) is 24.3 Å². The fraction of sp³-hybridized carbons (Fsp3) is 0.273. The van der Waals surface area contributed by atoms with E-state index in [2.05, 4.69) is 4.74 Å². The Kier molecular flexibility index (Phi) is 4.41. The van der Waals surface area contributed by atoms with Gasteiger partial charge in [0, 0.05) is 11.4 Å². The van der Waals surface area contributed by atoms with Gasteiger partial charge in [-0.1, -0.05) is 0 Å². The van der Waals surface area contributed by atoms with Crippen molar-refractivity contribution in [3.05, 3.63) is 34.4 Å². The lowest BCUT2D eigenvalue weighted by Crippen LogP contribution is -2.09. The largest absolute Gasteiger partial charge is 0.465 e. The van der Waals surface area contributed by atoms with Crippen LogP contribution in [0.2, 0.25) is 0 Å². The van der Waals surface area contributed by atoms with Crippen molar-refractivity contribution < 1.29 is 18.3 Å². The Morgan fingerprint density at radius 2 is 2.24 bits per heavy atom. The van der Waals surface area contributed by atoms with Gasteiger partial charge in [0.25, 0.3) is 6.43 Å². The summed E-state index contributed by atoms with van der Waals surface area (Å²) in [5.74, 6) is -1.15. The molecular weight excluding hydrogens is 252 g/mol. The number of benzene rings is 1. The number of nitrogens with zero attached hydrogens (tertiary/aromatic N) is 1. The topological polar surface area (TPSA) is 50.1 Å². The molecule has 0 heterocycles. The highest BCUT2D eigenvalue weighted by Crippen LogP contribution is 2.30. The van der Waals surface area contributed by atoms with Crippen LogP contribution < -0.4 is 0 Å². The van der Waals surface area contributed by atoms with Gasteiger partial charge >= 0.3 is 5.97 Å². The summed E-state index contributed by atoms with van der Waals surface area (Å²) >= 11 is 5.54. The first-order valence-corrected chi connectivity index (χ1v) is 5.08. The number of halogens is 3. The van der Waals surface area contributed by atoms with E-state index in [0.29, 0.717) is 0 Å². The molecule has 0 fully saturated rings. The number of hydrogen-bond acceptors (Lipinski definition) is 3. The molecule has 3 nitrogen and oxygen atoms in total. The van der Waals surface area contributed by atoms with Gasteiger partial charge in [0.2, 0.25) is 0 Å². The van der Waals surface area contributed by atoms with Crippen molar-refractivity contribution in [2.24, 2.45) is 0 Å². The Bertz CT molecular complexity index is 483. The second kappa shape index (κ2) is 5.60. The van der Waals surface area contributed by atoms with Crippen LogP contribution in [0.1, 0.15) is 33.5 Å². The van der Waals surface area contributed by atoms with Gasteiger partial charge in [-0.15, -0.1) is 11.6 Å². The van der Waals surface area contributed by atoms with Crippen LogP contribution in [0.15, 0.2) is 12.1 Å². The normalized spacial score (nSPS) is 10.1. The van der Waals surface area contributed by atoms with Crippen LogP contribution in [-0.4, -0.2) is 13.1 Å². The molecule has 0 unspecified atom stereocenters. The number of methoxy groups -OCH3 is 1. The molecule has 0 aliphatic rings. The molecule has 0 bridgehead atoms. The van der Waals surface area contributed by atoms with Gasteiger partial charge in [0.15, 0.2) is 0 Å². The highest BCUT2D eigenvalue weighted by Gasteiger charge is 2.24. The molecular formula is C11H8ClF2NO2. The van der Waals surface area contributed by atoms with Crippen LogP contribution in [-0.2, 0) is 10.6 Å². The molecule has 0 saturated carbocycles. The number of hydrogen-bond donors (Lipinski definition) is 0. The van der Waals surface area contributed by atoms with Crippen molar-refractivity contribution in [2.75, 3.05) is 7.11 Å². The Morgan fingerprint density at radius 3 is 2.65 bits per heavy atom. The van der Waals surface area contributed by atoms with E-state index in [4.69, 9.17) is 16.9 Å². The molecule has 0 N–H and O–H groups in total. The van der Waals surface area contributed by atoms with Gasteiger partial charge in [-0.2, -0.15) is 5.26 Å². The van der Waals surface area contributed by atoms with Crippen LogP contribution in [0.25, 0.3) is 0 Å². The summed E-state index contributed by atoms with van der Waals surface area (Å²) in [4.78, 5) is 11.3. The van der Waals surface area contributed by atoms with E-state index in [0.717, 1.165) is 13.2 Å². The third-order valence-electron chi connectivity index (χ3n) is 2.23. The van der Waals surface area contributed by atoms with Crippen LogP contribution in [0.4, 0.5) is 8.78 Å². The summed E-state index contributed by atoms with van der Waals surface area (Å²) in [6.07, 6.45) is -2.90. The molecule has 0 radical (unpaired) electrons. The summed E-state index contributed by atoms with van der Waals surface area (Å²) in [6.45, 7) is 0. The van der Waals surface area contributed by atoms with Gasteiger partial charge in [-0.3, -0.25) is 0 Å². The standard InChI is InChI=1S/C11H8ClF2NO2/c1-17-11(16)7-3-2-6(5-15)8(4-12)9(7)10(13)14/h2-3,10H,4H2,1H3. The Labute approximate surface area is 102 Å². The van der Waals surface area contributed by atoms with E-state index in [9.17, 15) is 13.6 Å². The monoisotopic (exact) mass is 259 g/mol. The Balaban J connectivity index is 3.54. The van der Waals surface area contributed by atoms with Crippen LogP contribution in [0, 0.1) is 11.3 Å². The molecule has 1 rings (SSSR count). The molecule has 0 aliphatic carbocycles. The summed E-state index contributed by atoms with van der Waals surface area (Å²) < 4.78 is 30.2. The van der Waals surface area contributed by atoms with Crippen molar-refractivity contribution in [3.63, 3.8) is 0 Å². The highest BCUT2D eigenvalue weighted by atomic mass is 35.5. The average Bonchev–Trinajstić information content (AvgIpc) is 2.35. The van der Waals surface area contributed by atoms with E-state index in [1.165, 1.54) is 6.07 Å². The van der Waals surface area contributed by atoms with Crippen LogP contribution >= 0.6 is 11.6 Å².